The summed E-state index contributed by atoms with van der Waals surface area (Å²) in [7, 11) is 0. The zero-order valence-corrected chi connectivity index (χ0v) is 12.5. The van der Waals surface area contributed by atoms with Crippen LogP contribution < -0.4 is 5.73 Å². The number of nitrogens with two attached hydrogens (primary N) is 1. The predicted octanol–water partition coefficient (Wildman–Crippen LogP) is 2.28. The molecular formula is C15H20N2O2S. The Morgan fingerprint density at radius 2 is 2.10 bits per heavy atom. The van der Waals surface area contributed by atoms with Gasteiger partial charge in [-0.25, -0.2) is 0 Å². The molecule has 1 fully saturated rings. The van der Waals surface area contributed by atoms with Gasteiger partial charge in [0.05, 0.1) is 5.56 Å². The van der Waals surface area contributed by atoms with E-state index in [2.05, 4.69) is 0 Å². The molecule has 0 saturated carbocycles. The molecule has 1 heterocycles. The van der Waals surface area contributed by atoms with Crippen molar-refractivity contribution in [2.24, 2.45) is 5.73 Å². The number of thioether (sulfide) groups is 1. The van der Waals surface area contributed by atoms with Crippen molar-refractivity contribution in [2.45, 2.75) is 36.6 Å². The molecule has 0 radical (unpaired) electrons. The lowest BCUT2D eigenvalue weighted by atomic mass is 9.98. The van der Waals surface area contributed by atoms with E-state index in [1.54, 1.807) is 11.8 Å². The van der Waals surface area contributed by atoms with E-state index in [0.29, 0.717) is 6.54 Å². The van der Waals surface area contributed by atoms with Gasteiger partial charge in [0.1, 0.15) is 0 Å². The van der Waals surface area contributed by atoms with E-state index in [4.69, 9.17) is 5.73 Å². The molecule has 2 rings (SSSR count). The number of nitrogens with zero attached hydrogens (tertiary/aromatic N) is 1. The Hall–Kier alpha value is -1.49. The lowest BCUT2D eigenvalue weighted by Gasteiger charge is -2.35. The number of hydrogen-bond donors (Lipinski definition) is 1. The molecule has 0 bridgehead atoms. The summed E-state index contributed by atoms with van der Waals surface area (Å²) in [6.07, 6.45) is 5.11. The number of amides is 2. The number of primary amides is 1. The van der Waals surface area contributed by atoms with Gasteiger partial charge in [0.15, 0.2) is 0 Å². The highest BCUT2D eigenvalue weighted by Gasteiger charge is 2.29. The highest BCUT2D eigenvalue weighted by Crippen LogP contribution is 2.26. The Kier molecular flexibility index (Phi) is 5.06. The molecule has 0 aliphatic carbocycles. The van der Waals surface area contributed by atoms with Gasteiger partial charge in [-0.1, -0.05) is 12.1 Å². The minimum atomic E-state index is -0.340. The Morgan fingerprint density at radius 3 is 2.80 bits per heavy atom. The zero-order valence-electron chi connectivity index (χ0n) is 11.7. The van der Waals surface area contributed by atoms with Crippen LogP contribution in [0.1, 0.15) is 36.0 Å². The second-order valence-electron chi connectivity index (χ2n) is 5.02. The quantitative estimate of drug-likeness (QED) is 0.866. The fourth-order valence-corrected chi connectivity index (χ4v) is 3.28. The van der Waals surface area contributed by atoms with Gasteiger partial charge >= 0.3 is 0 Å². The molecule has 0 unspecified atom stereocenters. The summed E-state index contributed by atoms with van der Waals surface area (Å²) in [6, 6.07) is 7.55. The van der Waals surface area contributed by atoms with E-state index in [1.807, 2.05) is 35.4 Å². The highest BCUT2D eigenvalue weighted by atomic mass is 32.2. The average Bonchev–Trinajstić information content (AvgIpc) is 2.46. The minimum Gasteiger partial charge on any atom is -0.370 e. The number of carbonyl (C=O) groups excluding carboxylic acids is 2. The number of benzene rings is 1. The first-order chi connectivity index (χ1) is 9.63. The van der Waals surface area contributed by atoms with E-state index >= 15 is 0 Å². The van der Waals surface area contributed by atoms with Gasteiger partial charge in [0.25, 0.3) is 5.91 Å². The van der Waals surface area contributed by atoms with Crippen LogP contribution >= 0.6 is 11.8 Å². The topological polar surface area (TPSA) is 63.4 Å². The molecule has 1 saturated heterocycles. The summed E-state index contributed by atoms with van der Waals surface area (Å²) in [5, 5.41) is 0. The number of hydrogen-bond acceptors (Lipinski definition) is 3. The molecule has 2 amide bonds. The van der Waals surface area contributed by atoms with E-state index in [0.717, 1.165) is 29.7 Å². The largest absolute Gasteiger partial charge is 0.370 e. The number of carbonyl (C=O) groups is 2. The average molecular weight is 292 g/mol. The maximum Gasteiger partial charge on any atom is 0.255 e. The van der Waals surface area contributed by atoms with E-state index in [1.165, 1.54) is 0 Å². The summed E-state index contributed by atoms with van der Waals surface area (Å²) in [5.74, 6) is -0.325. The Bertz CT molecular complexity index is 504. The minimum absolute atomic E-state index is 0.0147. The predicted molar refractivity (Wildman–Crippen MR) is 80.7 cm³/mol. The molecule has 1 aliphatic rings. The van der Waals surface area contributed by atoms with Crippen LogP contribution in [-0.2, 0) is 4.79 Å². The van der Waals surface area contributed by atoms with E-state index in [9.17, 15) is 9.59 Å². The molecule has 0 spiro atoms. The van der Waals surface area contributed by atoms with Gasteiger partial charge in [-0.15, -0.1) is 11.8 Å². The third-order valence-corrected chi connectivity index (χ3v) is 4.46. The molecule has 20 heavy (non-hydrogen) atoms. The van der Waals surface area contributed by atoms with Gasteiger partial charge in [-0.3, -0.25) is 9.59 Å². The Labute approximate surface area is 123 Å². The second-order valence-corrected chi connectivity index (χ2v) is 5.87. The molecule has 0 aromatic heterocycles. The molecule has 1 aromatic rings. The van der Waals surface area contributed by atoms with Crippen molar-refractivity contribution < 1.29 is 9.59 Å². The fourth-order valence-electron chi connectivity index (χ4n) is 2.69. The first-order valence-corrected chi connectivity index (χ1v) is 8.08. The Balaban J connectivity index is 2.23. The van der Waals surface area contributed by atoms with Crippen LogP contribution in [0, 0.1) is 0 Å². The summed E-state index contributed by atoms with van der Waals surface area (Å²) in [5.41, 5.74) is 6.02. The van der Waals surface area contributed by atoms with Crippen molar-refractivity contribution in [3.05, 3.63) is 29.8 Å². The van der Waals surface area contributed by atoms with Crippen LogP contribution in [0.5, 0.6) is 0 Å². The van der Waals surface area contributed by atoms with Crippen molar-refractivity contribution in [3.63, 3.8) is 0 Å². The zero-order chi connectivity index (χ0) is 14.5. The monoisotopic (exact) mass is 292 g/mol. The van der Waals surface area contributed by atoms with Crippen LogP contribution in [0.15, 0.2) is 29.2 Å². The molecule has 1 atom stereocenters. The molecular weight excluding hydrogens is 272 g/mol. The summed E-state index contributed by atoms with van der Waals surface area (Å²) in [4.78, 5) is 26.7. The number of rotatable bonds is 4. The summed E-state index contributed by atoms with van der Waals surface area (Å²) >= 11 is 1.56. The molecule has 2 N–H and O–H groups in total. The maximum atomic E-state index is 12.7. The molecule has 4 nitrogen and oxygen atoms in total. The van der Waals surface area contributed by atoms with Crippen LogP contribution in [0.2, 0.25) is 0 Å². The lowest BCUT2D eigenvalue weighted by molar-refractivity contribution is -0.119. The molecule has 1 aromatic carbocycles. The SMILES string of the molecule is CSc1ccccc1C(=O)N1CCCC[C@H]1CC(N)=O. The van der Waals surface area contributed by atoms with Gasteiger partial charge in [0, 0.05) is 23.9 Å². The highest BCUT2D eigenvalue weighted by molar-refractivity contribution is 7.98. The van der Waals surface area contributed by atoms with Crippen molar-refractivity contribution in [1.29, 1.82) is 0 Å². The molecule has 1 aliphatic heterocycles. The fraction of sp³-hybridized carbons (Fsp3) is 0.467. The van der Waals surface area contributed by atoms with E-state index in [-0.39, 0.29) is 24.3 Å². The smallest absolute Gasteiger partial charge is 0.255 e. The van der Waals surface area contributed by atoms with E-state index < -0.39 is 0 Å². The summed E-state index contributed by atoms with van der Waals surface area (Å²) in [6.45, 7) is 0.708. The van der Waals surface area contributed by atoms with Crippen LogP contribution in [0.4, 0.5) is 0 Å². The number of piperidine rings is 1. The normalized spacial score (nSPS) is 18.9. The van der Waals surface area contributed by atoms with Gasteiger partial charge in [0.2, 0.25) is 5.91 Å². The maximum absolute atomic E-state index is 12.7. The van der Waals surface area contributed by atoms with Gasteiger partial charge in [-0.05, 0) is 37.7 Å². The third kappa shape index (κ3) is 3.33. The summed E-state index contributed by atoms with van der Waals surface area (Å²) < 4.78 is 0. The van der Waals surface area contributed by atoms with Gasteiger partial charge < -0.3 is 10.6 Å². The van der Waals surface area contributed by atoms with Gasteiger partial charge in [-0.2, -0.15) is 0 Å². The first kappa shape index (κ1) is 14.9. The Morgan fingerprint density at radius 1 is 1.35 bits per heavy atom. The van der Waals surface area contributed by atoms with Crippen molar-refractivity contribution >= 4 is 23.6 Å². The second kappa shape index (κ2) is 6.79. The van der Waals surface area contributed by atoms with Crippen LogP contribution in [0.3, 0.4) is 0 Å². The van der Waals surface area contributed by atoms with Crippen LogP contribution in [0.25, 0.3) is 0 Å². The van der Waals surface area contributed by atoms with Crippen molar-refractivity contribution in [3.8, 4) is 0 Å². The first-order valence-electron chi connectivity index (χ1n) is 6.85. The van der Waals surface area contributed by atoms with Crippen molar-refractivity contribution in [1.82, 2.24) is 4.90 Å². The lowest BCUT2D eigenvalue weighted by Crippen LogP contribution is -2.45. The third-order valence-electron chi connectivity index (χ3n) is 3.66. The number of likely N-dealkylation sites (tertiary alicyclic amines) is 1. The van der Waals surface area contributed by atoms with Crippen LogP contribution in [-0.4, -0.2) is 35.6 Å². The molecule has 108 valence electrons. The molecule has 5 heteroatoms. The van der Waals surface area contributed by atoms with Crippen molar-refractivity contribution in [2.75, 3.05) is 12.8 Å². The standard InChI is InChI=1S/C15H20N2O2S/c1-20-13-8-3-2-7-12(13)15(19)17-9-5-4-6-11(17)10-14(16)18/h2-3,7-8,11H,4-6,9-10H2,1H3,(H2,16,18)/t11-/m0/s1.